The molecule has 98 valence electrons. The Hall–Kier alpha value is -0.610. The summed E-state index contributed by atoms with van der Waals surface area (Å²) in [6.07, 6.45) is 8.37. The van der Waals surface area contributed by atoms with Crippen molar-refractivity contribution in [2.24, 2.45) is 11.7 Å². The number of nitrogens with two attached hydrogens (primary N) is 1. The third kappa shape index (κ3) is 3.68. The van der Waals surface area contributed by atoms with Gasteiger partial charge in [0.2, 0.25) is 5.91 Å². The Bertz CT molecular complexity index is 252. The van der Waals surface area contributed by atoms with Crippen LogP contribution in [-0.2, 0) is 9.53 Å². The minimum Gasteiger partial charge on any atom is -0.376 e. The van der Waals surface area contributed by atoms with Crippen molar-refractivity contribution in [2.45, 2.75) is 57.1 Å². The van der Waals surface area contributed by atoms with E-state index in [1.807, 2.05) is 0 Å². The van der Waals surface area contributed by atoms with E-state index in [2.05, 4.69) is 5.32 Å². The molecule has 2 atom stereocenters. The first-order valence-electron chi connectivity index (χ1n) is 6.92. The number of rotatable bonds is 5. The highest BCUT2D eigenvalue weighted by molar-refractivity contribution is 5.79. The number of amides is 1. The van der Waals surface area contributed by atoms with Crippen LogP contribution in [0.2, 0.25) is 0 Å². The first kappa shape index (κ1) is 12.8. The SMILES string of the molecule is NC1CCCC1C(=O)NCCOC1CCCC1. The van der Waals surface area contributed by atoms with Gasteiger partial charge in [0, 0.05) is 12.6 Å². The number of nitrogens with one attached hydrogen (secondary N) is 1. The highest BCUT2D eigenvalue weighted by atomic mass is 16.5. The van der Waals surface area contributed by atoms with Crippen LogP contribution < -0.4 is 11.1 Å². The maximum Gasteiger partial charge on any atom is 0.224 e. The van der Waals surface area contributed by atoms with Crippen molar-refractivity contribution in [1.29, 1.82) is 0 Å². The number of ether oxygens (including phenoxy) is 1. The molecule has 2 aliphatic carbocycles. The van der Waals surface area contributed by atoms with Crippen molar-refractivity contribution < 1.29 is 9.53 Å². The van der Waals surface area contributed by atoms with Gasteiger partial charge in [0.05, 0.1) is 18.6 Å². The zero-order valence-corrected chi connectivity index (χ0v) is 10.5. The van der Waals surface area contributed by atoms with E-state index in [9.17, 15) is 4.79 Å². The summed E-state index contributed by atoms with van der Waals surface area (Å²) in [5.41, 5.74) is 5.89. The second kappa shape index (κ2) is 6.36. The van der Waals surface area contributed by atoms with Gasteiger partial charge in [0.15, 0.2) is 0 Å². The van der Waals surface area contributed by atoms with E-state index in [1.165, 1.54) is 25.7 Å². The Labute approximate surface area is 103 Å². The van der Waals surface area contributed by atoms with E-state index in [-0.39, 0.29) is 17.9 Å². The third-order valence-corrected chi connectivity index (χ3v) is 3.96. The summed E-state index contributed by atoms with van der Waals surface area (Å²) in [4.78, 5) is 11.8. The van der Waals surface area contributed by atoms with Crippen LogP contribution in [0, 0.1) is 5.92 Å². The Kier molecular flexibility index (Phi) is 4.80. The Balaban J connectivity index is 1.56. The van der Waals surface area contributed by atoms with Crippen molar-refractivity contribution in [1.82, 2.24) is 5.32 Å². The predicted molar refractivity (Wildman–Crippen MR) is 66.5 cm³/mol. The normalized spacial score (nSPS) is 29.7. The minimum absolute atomic E-state index is 0.0291. The van der Waals surface area contributed by atoms with Gasteiger partial charge < -0.3 is 15.8 Å². The van der Waals surface area contributed by atoms with Crippen LogP contribution in [-0.4, -0.2) is 31.2 Å². The van der Waals surface area contributed by atoms with E-state index in [1.54, 1.807) is 0 Å². The van der Waals surface area contributed by atoms with Crippen LogP contribution in [0.1, 0.15) is 44.9 Å². The molecule has 2 unspecified atom stereocenters. The Morgan fingerprint density at radius 1 is 1.18 bits per heavy atom. The molecule has 2 fully saturated rings. The monoisotopic (exact) mass is 240 g/mol. The molecule has 0 aromatic heterocycles. The lowest BCUT2D eigenvalue weighted by Gasteiger charge is -2.16. The molecule has 1 amide bonds. The van der Waals surface area contributed by atoms with Gasteiger partial charge in [-0.3, -0.25) is 4.79 Å². The molecule has 17 heavy (non-hydrogen) atoms. The Morgan fingerprint density at radius 3 is 2.59 bits per heavy atom. The molecule has 0 heterocycles. The van der Waals surface area contributed by atoms with E-state index in [0.29, 0.717) is 19.3 Å². The maximum absolute atomic E-state index is 11.8. The molecule has 3 N–H and O–H groups in total. The first-order valence-corrected chi connectivity index (χ1v) is 6.92. The predicted octanol–water partition coefficient (Wildman–Crippen LogP) is 1.19. The summed E-state index contributed by atoms with van der Waals surface area (Å²) in [5.74, 6) is 0.145. The molecule has 0 aliphatic heterocycles. The van der Waals surface area contributed by atoms with Gasteiger partial charge in [0.1, 0.15) is 0 Å². The van der Waals surface area contributed by atoms with Gasteiger partial charge in [-0.1, -0.05) is 19.3 Å². The summed E-state index contributed by atoms with van der Waals surface area (Å²) < 4.78 is 5.70. The number of hydrogen-bond donors (Lipinski definition) is 2. The largest absolute Gasteiger partial charge is 0.376 e. The standard InChI is InChI=1S/C13H24N2O2/c14-12-7-3-6-11(12)13(16)15-8-9-17-10-4-1-2-5-10/h10-12H,1-9,14H2,(H,15,16). The zero-order valence-electron chi connectivity index (χ0n) is 10.5. The summed E-state index contributed by atoms with van der Waals surface area (Å²) >= 11 is 0. The van der Waals surface area contributed by atoms with Crippen LogP contribution >= 0.6 is 0 Å². The van der Waals surface area contributed by atoms with Crippen molar-refractivity contribution >= 4 is 5.91 Å². The number of carbonyl (C=O) groups is 1. The smallest absolute Gasteiger partial charge is 0.224 e. The summed E-state index contributed by atoms with van der Waals surface area (Å²) in [7, 11) is 0. The van der Waals surface area contributed by atoms with Gasteiger partial charge >= 0.3 is 0 Å². The first-order chi connectivity index (χ1) is 8.27. The molecule has 2 aliphatic rings. The molecule has 0 aromatic rings. The summed E-state index contributed by atoms with van der Waals surface area (Å²) in [6, 6.07) is 0.0609. The van der Waals surface area contributed by atoms with Crippen molar-refractivity contribution in [3.05, 3.63) is 0 Å². The van der Waals surface area contributed by atoms with Crippen LogP contribution in [0.4, 0.5) is 0 Å². The fourth-order valence-corrected chi connectivity index (χ4v) is 2.90. The van der Waals surface area contributed by atoms with Crippen LogP contribution in [0.25, 0.3) is 0 Å². The second-order valence-corrected chi connectivity index (χ2v) is 5.27. The van der Waals surface area contributed by atoms with E-state index >= 15 is 0 Å². The fourth-order valence-electron chi connectivity index (χ4n) is 2.90. The lowest BCUT2D eigenvalue weighted by molar-refractivity contribution is -0.125. The molecule has 4 nitrogen and oxygen atoms in total. The molecule has 2 saturated carbocycles. The average Bonchev–Trinajstić information content (AvgIpc) is 2.95. The van der Waals surface area contributed by atoms with Crippen LogP contribution in [0.5, 0.6) is 0 Å². The van der Waals surface area contributed by atoms with E-state index in [0.717, 1.165) is 19.3 Å². The van der Waals surface area contributed by atoms with Crippen molar-refractivity contribution in [3.63, 3.8) is 0 Å². The molecule has 4 heteroatoms. The van der Waals surface area contributed by atoms with Gasteiger partial charge in [-0.15, -0.1) is 0 Å². The maximum atomic E-state index is 11.8. The van der Waals surface area contributed by atoms with Crippen LogP contribution in [0.3, 0.4) is 0 Å². The molecular weight excluding hydrogens is 216 g/mol. The molecular formula is C13H24N2O2. The Morgan fingerprint density at radius 2 is 1.94 bits per heavy atom. The van der Waals surface area contributed by atoms with E-state index < -0.39 is 0 Å². The highest BCUT2D eigenvalue weighted by Gasteiger charge is 2.29. The second-order valence-electron chi connectivity index (χ2n) is 5.27. The quantitative estimate of drug-likeness (QED) is 0.709. The van der Waals surface area contributed by atoms with Gasteiger partial charge in [-0.05, 0) is 25.7 Å². The third-order valence-electron chi connectivity index (χ3n) is 3.96. The van der Waals surface area contributed by atoms with Crippen LogP contribution in [0.15, 0.2) is 0 Å². The fraction of sp³-hybridized carbons (Fsp3) is 0.923. The summed E-state index contributed by atoms with van der Waals surface area (Å²) in [6.45, 7) is 1.26. The van der Waals surface area contributed by atoms with Crippen molar-refractivity contribution in [3.8, 4) is 0 Å². The van der Waals surface area contributed by atoms with Gasteiger partial charge in [-0.25, -0.2) is 0 Å². The van der Waals surface area contributed by atoms with Crippen molar-refractivity contribution in [2.75, 3.05) is 13.2 Å². The highest BCUT2D eigenvalue weighted by Crippen LogP contribution is 2.24. The lowest BCUT2D eigenvalue weighted by Crippen LogP contribution is -2.40. The molecule has 0 aromatic carbocycles. The zero-order chi connectivity index (χ0) is 12.1. The topological polar surface area (TPSA) is 64.4 Å². The number of hydrogen-bond acceptors (Lipinski definition) is 3. The molecule has 0 bridgehead atoms. The molecule has 0 radical (unpaired) electrons. The van der Waals surface area contributed by atoms with Gasteiger partial charge in [0.25, 0.3) is 0 Å². The average molecular weight is 240 g/mol. The van der Waals surface area contributed by atoms with Gasteiger partial charge in [-0.2, -0.15) is 0 Å². The summed E-state index contributed by atoms with van der Waals surface area (Å²) in [5, 5.41) is 2.94. The number of carbonyl (C=O) groups excluding carboxylic acids is 1. The molecule has 0 spiro atoms. The molecule has 2 rings (SSSR count). The molecule has 0 saturated heterocycles. The lowest BCUT2D eigenvalue weighted by atomic mass is 10.0. The minimum atomic E-state index is 0.0291. The van der Waals surface area contributed by atoms with E-state index in [4.69, 9.17) is 10.5 Å².